The summed E-state index contributed by atoms with van der Waals surface area (Å²) in [5.74, 6) is 0. The zero-order chi connectivity index (χ0) is 6.91. The smallest absolute Gasteiger partial charge is 0.123 e. The summed E-state index contributed by atoms with van der Waals surface area (Å²) in [5, 5.41) is 3.07. The molecule has 54 valence electrons. The second-order valence-electron chi connectivity index (χ2n) is 3.19. The highest BCUT2D eigenvalue weighted by molar-refractivity contribution is 4.96. The van der Waals surface area contributed by atoms with Gasteiger partial charge in [-0.15, -0.1) is 0 Å². The van der Waals surface area contributed by atoms with Crippen LogP contribution in [0.4, 0.5) is 4.39 Å². The molecule has 9 heavy (non-hydrogen) atoms. The molecule has 0 heterocycles. The predicted molar refractivity (Wildman–Crippen MR) is 36.2 cm³/mol. The molecule has 0 unspecified atom stereocenters. The fourth-order valence-corrected chi connectivity index (χ4v) is 0.699. The Kier molecular flexibility index (Phi) is 1.75. The molecule has 0 atom stereocenters. The summed E-state index contributed by atoms with van der Waals surface area (Å²) in [6.45, 7) is 4.61. The van der Waals surface area contributed by atoms with Gasteiger partial charge in [-0.1, -0.05) is 13.8 Å². The van der Waals surface area contributed by atoms with Gasteiger partial charge in [0.1, 0.15) is 5.67 Å². The lowest BCUT2D eigenvalue weighted by molar-refractivity contribution is 0.288. The van der Waals surface area contributed by atoms with Gasteiger partial charge in [-0.2, -0.15) is 0 Å². The van der Waals surface area contributed by atoms with E-state index in [2.05, 4.69) is 5.32 Å². The first-order valence-corrected chi connectivity index (χ1v) is 3.55. The van der Waals surface area contributed by atoms with Crippen molar-refractivity contribution >= 4 is 0 Å². The van der Waals surface area contributed by atoms with Gasteiger partial charge in [-0.3, -0.25) is 0 Å². The maximum Gasteiger partial charge on any atom is 0.123 e. The number of hydrogen-bond acceptors (Lipinski definition) is 1. The quantitative estimate of drug-likeness (QED) is 0.612. The molecular formula is C7H14FN. The molecule has 0 saturated heterocycles. The van der Waals surface area contributed by atoms with E-state index in [0.717, 1.165) is 12.8 Å². The van der Waals surface area contributed by atoms with Crippen LogP contribution in [0, 0.1) is 0 Å². The van der Waals surface area contributed by atoms with E-state index in [4.69, 9.17) is 0 Å². The summed E-state index contributed by atoms with van der Waals surface area (Å²) in [7, 11) is 0. The Morgan fingerprint density at radius 2 is 2.11 bits per heavy atom. The number of nitrogens with one attached hydrogen (secondary N) is 1. The first kappa shape index (κ1) is 7.00. The lowest BCUT2D eigenvalue weighted by Crippen LogP contribution is -2.30. The molecular weight excluding hydrogens is 117 g/mol. The topological polar surface area (TPSA) is 12.0 Å². The molecule has 0 aromatic carbocycles. The van der Waals surface area contributed by atoms with Crippen molar-refractivity contribution in [2.45, 2.75) is 38.4 Å². The summed E-state index contributed by atoms with van der Waals surface area (Å²) in [6, 6.07) is 0.415. The summed E-state index contributed by atoms with van der Waals surface area (Å²) in [4.78, 5) is 0. The molecule has 1 nitrogen and oxygen atoms in total. The maximum absolute atomic E-state index is 12.8. The van der Waals surface area contributed by atoms with Gasteiger partial charge in [-0.25, -0.2) is 4.39 Å². The molecule has 0 amide bonds. The second kappa shape index (κ2) is 2.25. The lowest BCUT2D eigenvalue weighted by Gasteiger charge is -2.09. The van der Waals surface area contributed by atoms with Crippen molar-refractivity contribution in [3.8, 4) is 0 Å². The molecule has 0 aromatic heterocycles. The Morgan fingerprint density at radius 1 is 1.56 bits per heavy atom. The van der Waals surface area contributed by atoms with Gasteiger partial charge in [0.25, 0.3) is 0 Å². The van der Waals surface area contributed by atoms with Gasteiger partial charge in [-0.05, 0) is 12.8 Å². The Morgan fingerprint density at radius 3 is 2.44 bits per heavy atom. The van der Waals surface area contributed by atoms with Gasteiger partial charge in [0.2, 0.25) is 0 Å². The third-order valence-electron chi connectivity index (χ3n) is 1.62. The monoisotopic (exact) mass is 131 g/mol. The summed E-state index contributed by atoms with van der Waals surface area (Å²) < 4.78 is 12.8. The van der Waals surface area contributed by atoms with Crippen LogP contribution in [0.2, 0.25) is 0 Å². The normalized spacial score (nSPS) is 22.7. The molecule has 0 bridgehead atoms. The number of halogens is 1. The van der Waals surface area contributed by atoms with Crippen LogP contribution >= 0.6 is 0 Å². The van der Waals surface area contributed by atoms with E-state index in [1.54, 1.807) is 0 Å². The highest BCUT2D eigenvalue weighted by atomic mass is 19.1. The summed E-state index contributed by atoms with van der Waals surface area (Å²) in [6.07, 6.45) is 1.51. The first-order valence-electron chi connectivity index (χ1n) is 3.55. The third kappa shape index (κ3) is 2.31. The fourth-order valence-electron chi connectivity index (χ4n) is 0.699. The lowest BCUT2D eigenvalue weighted by atomic mass is 10.3. The maximum atomic E-state index is 12.8. The van der Waals surface area contributed by atoms with Crippen molar-refractivity contribution in [3.63, 3.8) is 0 Å². The van der Waals surface area contributed by atoms with Crippen molar-refractivity contribution < 1.29 is 4.39 Å². The Labute approximate surface area is 55.6 Å². The number of hydrogen-bond donors (Lipinski definition) is 1. The highest BCUT2D eigenvalue weighted by Gasteiger charge is 2.42. The van der Waals surface area contributed by atoms with Gasteiger partial charge in [0, 0.05) is 12.6 Å². The van der Waals surface area contributed by atoms with E-state index >= 15 is 0 Å². The zero-order valence-corrected chi connectivity index (χ0v) is 6.08. The number of alkyl halides is 1. The van der Waals surface area contributed by atoms with Crippen LogP contribution in [0.15, 0.2) is 0 Å². The van der Waals surface area contributed by atoms with Gasteiger partial charge in [0.05, 0.1) is 0 Å². The van der Waals surface area contributed by atoms with E-state index in [0.29, 0.717) is 12.6 Å². The van der Waals surface area contributed by atoms with Gasteiger partial charge >= 0.3 is 0 Å². The van der Waals surface area contributed by atoms with Crippen LogP contribution in [0.5, 0.6) is 0 Å². The van der Waals surface area contributed by atoms with E-state index in [1.165, 1.54) is 0 Å². The van der Waals surface area contributed by atoms with E-state index in [-0.39, 0.29) is 0 Å². The minimum atomic E-state index is -0.829. The SMILES string of the molecule is CC(C)NCC1(F)CC1. The molecule has 1 fully saturated rings. The standard InChI is InChI=1S/C7H14FN/c1-6(2)9-5-7(8)3-4-7/h6,9H,3-5H2,1-2H3. The second-order valence-corrected chi connectivity index (χ2v) is 3.19. The molecule has 2 heteroatoms. The van der Waals surface area contributed by atoms with Crippen LogP contribution in [0.25, 0.3) is 0 Å². The minimum Gasteiger partial charge on any atom is -0.311 e. The molecule has 0 aromatic rings. The van der Waals surface area contributed by atoms with E-state index in [9.17, 15) is 4.39 Å². The molecule has 0 spiro atoms. The van der Waals surface area contributed by atoms with Crippen molar-refractivity contribution in [1.82, 2.24) is 5.32 Å². The van der Waals surface area contributed by atoms with Crippen LogP contribution in [-0.2, 0) is 0 Å². The van der Waals surface area contributed by atoms with Crippen molar-refractivity contribution in [2.75, 3.05) is 6.54 Å². The largest absolute Gasteiger partial charge is 0.311 e. The molecule has 1 rings (SSSR count). The average Bonchev–Trinajstić information content (AvgIpc) is 2.45. The third-order valence-corrected chi connectivity index (χ3v) is 1.62. The van der Waals surface area contributed by atoms with Crippen molar-refractivity contribution in [2.24, 2.45) is 0 Å². The van der Waals surface area contributed by atoms with Crippen LogP contribution in [0.1, 0.15) is 26.7 Å². The van der Waals surface area contributed by atoms with Gasteiger partial charge in [0.15, 0.2) is 0 Å². The van der Waals surface area contributed by atoms with Crippen LogP contribution in [0.3, 0.4) is 0 Å². The average molecular weight is 131 g/mol. The zero-order valence-electron chi connectivity index (χ0n) is 6.08. The summed E-state index contributed by atoms with van der Waals surface area (Å²) >= 11 is 0. The Hall–Kier alpha value is -0.110. The fraction of sp³-hybridized carbons (Fsp3) is 1.00. The Balaban J connectivity index is 2.05. The van der Waals surface area contributed by atoms with Crippen molar-refractivity contribution in [1.29, 1.82) is 0 Å². The summed E-state index contributed by atoms with van der Waals surface area (Å²) in [5.41, 5.74) is -0.829. The molecule has 1 aliphatic rings. The first-order chi connectivity index (χ1) is 4.12. The molecule has 0 radical (unpaired) electrons. The molecule has 0 aliphatic heterocycles. The predicted octanol–water partition coefficient (Wildman–Crippen LogP) is 1.49. The van der Waals surface area contributed by atoms with Crippen LogP contribution in [-0.4, -0.2) is 18.3 Å². The van der Waals surface area contributed by atoms with Crippen molar-refractivity contribution in [3.05, 3.63) is 0 Å². The highest BCUT2D eigenvalue weighted by Crippen LogP contribution is 2.38. The molecule has 1 saturated carbocycles. The van der Waals surface area contributed by atoms with E-state index in [1.807, 2.05) is 13.8 Å². The van der Waals surface area contributed by atoms with E-state index < -0.39 is 5.67 Å². The Bertz CT molecular complexity index is 97.1. The molecule has 1 N–H and O–H groups in total. The minimum absolute atomic E-state index is 0.415. The number of rotatable bonds is 3. The van der Waals surface area contributed by atoms with Crippen LogP contribution < -0.4 is 5.32 Å². The van der Waals surface area contributed by atoms with Gasteiger partial charge < -0.3 is 5.32 Å². The molecule has 1 aliphatic carbocycles.